The number of carbonyl (C=O) groups excluding carboxylic acids is 4. The van der Waals surface area contributed by atoms with E-state index in [2.05, 4.69) is 34.3 Å². The summed E-state index contributed by atoms with van der Waals surface area (Å²) >= 11 is 5.21. The van der Waals surface area contributed by atoms with Gasteiger partial charge >= 0.3 is 0 Å². The van der Waals surface area contributed by atoms with Crippen LogP contribution in [0.4, 0.5) is 0 Å². The largest absolute Gasteiger partial charge is 0.355 e. The van der Waals surface area contributed by atoms with E-state index in [4.69, 9.17) is 19.9 Å². The third-order valence-corrected chi connectivity index (χ3v) is 16.1. The molecule has 0 saturated carbocycles. The predicted molar refractivity (Wildman–Crippen MR) is 203 cm³/mol. The Labute approximate surface area is 310 Å². The van der Waals surface area contributed by atoms with Crippen LogP contribution >= 0.6 is 47.0 Å². The number of carbonyl (C=O) groups is 4. The van der Waals surface area contributed by atoms with Gasteiger partial charge in [-0.25, -0.2) is 19.9 Å². The second-order valence-corrected chi connectivity index (χ2v) is 18.7. The van der Waals surface area contributed by atoms with Crippen molar-refractivity contribution in [3.8, 4) is 0 Å². The van der Waals surface area contributed by atoms with Crippen LogP contribution in [0.5, 0.6) is 0 Å². The number of nitrogens with zero attached hydrogens (tertiary/aromatic N) is 4. The van der Waals surface area contributed by atoms with Crippen LogP contribution in [0.15, 0.2) is 60.7 Å². The van der Waals surface area contributed by atoms with E-state index in [-0.39, 0.29) is 41.5 Å². The van der Waals surface area contributed by atoms with Crippen LogP contribution in [0.2, 0.25) is 0 Å². The van der Waals surface area contributed by atoms with Crippen molar-refractivity contribution < 1.29 is 19.2 Å². The van der Waals surface area contributed by atoms with Gasteiger partial charge in [-0.15, -0.1) is 0 Å². The molecule has 0 amide bonds. The summed E-state index contributed by atoms with van der Waals surface area (Å²) in [5.41, 5.74) is 10.8. The Bertz CT molecular complexity index is 2800. The van der Waals surface area contributed by atoms with Crippen molar-refractivity contribution in [1.29, 1.82) is 0 Å². The average Bonchev–Trinajstić information content (AvgIpc) is 3.90. The number of allylic oxidation sites excluding steroid dienone is 6. The Kier molecular flexibility index (Phi) is 5.42. The number of thioether (sulfide) groups is 4. The molecule has 2 N–H and O–H groups in total. The first kappa shape index (κ1) is 29.0. The second-order valence-electron chi connectivity index (χ2n) is 14.1. The molecule has 4 aliphatic carbocycles. The Hall–Kier alpha value is -4.50. The molecule has 3 aromatic heterocycles. The molecule has 250 valence electrons. The first-order valence-electron chi connectivity index (χ1n) is 17.0. The van der Waals surface area contributed by atoms with Crippen molar-refractivity contribution >= 4 is 112 Å². The Balaban J connectivity index is 1.20. The summed E-state index contributed by atoms with van der Waals surface area (Å²) in [5, 5.41) is -0.578. The Morgan fingerprint density at radius 1 is 0.423 bits per heavy atom. The summed E-state index contributed by atoms with van der Waals surface area (Å²) in [5.74, 6) is -0.556. The van der Waals surface area contributed by atoms with Crippen molar-refractivity contribution in [2.45, 2.75) is 32.8 Å². The molecular formula is C38H20N6O4S4. The highest BCUT2D eigenvalue weighted by molar-refractivity contribution is 8.15. The van der Waals surface area contributed by atoms with Crippen LogP contribution < -0.4 is 0 Å². The fourth-order valence-corrected chi connectivity index (χ4v) is 13.9. The topological polar surface area (TPSA) is 151 Å². The van der Waals surface area contributed by atoms with Gasteiger partial charge in [-0.1, -0.05) is 95.7 Å². The lowest BCUT2D eigenvalue weighted by atomic mass is 9.86. The standard InChI is InChI=1S/C38H20N6O4S4/c45-35-11-1-5-19(49-35)27-17-10-16-24-12-2-7-21(51-36(12)46)29(24)33(40-16)43-32-26-14-4-8-22(52-38(14)48)30(26)34(44-32)42-31-25-13-3-6-20(50-37(13)47)28(25)18(41-31)9-15(39-17)23(11)27/h1-14,19-22,39H,(H,40,41,42,43,44). The second kappa shape index (κ2) is 9.72. The van der Waals surface area contributed by atoms with Crippen LogP contribution in [-0.2, 0) is 19.2 Å². The molecule has 0 radical (unpaired) electrons. The first-order valence-corrected chi connectivity index (χ1v) is 20.5. The molecule has 10 aliphatic heterocycles. The molecule has 8 atom stereocenters. The van der Waals surface area contributed by atoms with E-state index in [0.717, 1.165) is 61.1 Å². The van der Waals surface area contributed by atoms with Crippen molar-refractivity contribution in [2.75, 3.05) is 0 Å². The lowest BCUT2D eigenvalue weighted by Crippen LogP contribution is -2.27. The summed E-state index contributed by atoms with van der Waals surface area (Å²) in [7, 11) is 0. The molecule has 0 aromatic carbocycles. The molecule has 0 saturated heterocycles. The summed E-state index contributed by atoms with van der Waals surface area (Å²) in [6.07, 6.45) is 16.1. The minimum absolute atomic E-state index is 0.0459. The maximum Gasteiger partial charge on any atom is 0.201 e. The van der Waals surface area contributed by atoms with Crippen molar-refractivity contribution in [3.63, 3.8) is 0 Å². The van der Waals surface area contributed by atoms with E-state index in [0.29, 0.717) is 28.8 Å². The number of hydrogen-bond donors (Lipinski definition) is 2. The highest BCUT2D eigenvalue weighted by Crippen LogP contribution is 2.57. The molecule has 3 aromatic rings. The van der Waals surface area contributed by atoms with Gasteiger partial charge in [-0.3, -0.25) is 19.2 Å². The van der Waals surface area contributed by atoms with Crippen LogP contribution in [0, 0.1) is 11.8 Å². The number of aromatic amines is 2. The van der Waals surface area contributed by atoms with Gasteiger partial charge in [0.05, 0.1) is 50.4 Å². The fraction of sp³-hybridized carbons (Fsp3) is 0.211. The summed E-state index contributed by atoms with van der Waals surface area (Å²) < 4.78 is 0. The maximum atomic E-state index is 13.4. The molecule has 10 nitrogen and oxygen atoms in total. The van der Waals surface area contributed by atoms with E-state index in [1.807, 2.05) is 36.4 Å². The predicted octanol–water partition coefficient (Wildman–Crippen LogP) is 6.52. The number of nitrogens with one attached hydrogen (secondary N) is 2. The molecular weight excluding hydrogens is 733 g/mol. The zero-order valence-electron chi connectivity index (χ0n) is 26.4. The molecule has 17 rings (SSSR count). The van der Waals surface area contributed by atoms with Crippen LogP contribution in [0.1, 0.15) is 67.8 Å². The quantitative estimate of drug-likeness (QED) is 0.241. The van der Waals surface area contributed by atoms with Gasteiger partial charge in [0.2, 0.25) is 20.5 Å². The molecule has 0 spiro atoms. The normalized spacial score (nSPS) is 32.0. The lowest BCUT2D eigenvalue weighted by molar-refractivity contribution is -0.112. The van der Waals surface area contributed by atoms with Crippen molar-refractivity contribution in [3.05, 3.63) is 106 Å². The van der Waals surface area contributed by atoms with Gasteiger partial charge in [0, 0.05) is 44.4 Å². The Morgan fingerprint density at radius 2 is 0.904 bits per heavy atom. The van der Waals surface area contributed by atoms with E-state index in [9.17, 15) is 19.2 Å². The SMILES string of the molecule is O=C1SC2C=CC1C1=C2c2cc3[nH]c(cc4[nH]c(nc5nc(nc1n2)C1=C5C2C=CC1SC2=O)c1c4C2C=CC1SC2=O)c1c3C2C=CC1SC2=O. The van der Waals surface area contributed by atoms with Gasteiger partial charge in [-0.05, 0) is 28.8 Å². The highest BCUT2D eigenvalue weighted by atomic mass is 32.2. The smallest absolute Gasteiger partial charge is 0.201 e. The van der Waals surface area contributed by atoms with Gasteiger partial charge in [0.25, 0.3) is 0 Å². The van der Waals surface area contributed by atoms with E-state index in [1.165, 1.54) is 47.0 Å². The third-order valence-electron chi connectivity index (χ3n) is 11.5. The van der Waals surface area contributed by atoms with Gasteiger partial charge in [0.1, 0.15) is 5.65 Å². The molecule has 14 aliphatic rings. The zero-order valence-corrected chi connectivity index (χ0v) is 29.7. The van der Waals surface area contributed by atoms with Gasteiger partial charge in [0.15, 0.2) is 17.5 Å². The lowest BCUT2D eigenvalue weighted by Gasteiger charge is -2.31. The summed E-state index contributed by atoms with van der Waals surface area (Å²) in [4.78, 5) is 81.2. The zero-order chi connectivity index (χ0) is 34.3. The van der Waals surface area contributed by atoms with Gasteiger partial charge in [-0.2, -0.15) is 0 Å². The molecule has 52 heavy (non-hydrogen) atoms. The first-order chi connectivity index (χ1) is 25.4. The molecule has 16 bridgehead atoms. The van der Waals surface area contributed by atoms with Gasteiger partial charge < -0.3 is 9.97 Å². The minimum atomic E-state index is -0.513. The van der Waals surface area contributed by atoms with E-state index in [1.54, 1.807) is 0 Å². The van der Waals surface area contributed by atoms with Crippen LogP contribution in [0.25, 0.3) is 44.5 Å². The molecule has 8 unspecified atom stereocenters. The Morgan fingerprint density at radius 3 is 1.58 bits per heavy atom. The monoisotopic (exact) mass is 752 g/mol. The number of fused-ring (bicyclic) bond motifs is 12. The summed E-state index contributed by atoms with van der Waals surface area (Å²) in [6.45, 7) is 0. The van der Waals surface area contributed by atoms with Crippen molar-refractivity contribution in [1.82, 2.24) is 29.9 Å². The highest BCUT2D eigenvalue weighted by Gasteiger charge is 2.47. The van der Waals surface area contributed by atoms with Crippen LogP contribution in [-0.4, -0.2) is 60.9 Å². The fourth-order valence-electron chi connectivity index (χ4n) is 9.39. The maximum absolute atomic E-state index is 13.4. The van der Waals surface area contributed by atoms with Crippen molar-refractivity contribution in [2.24, 2.45) is 11.8 Å². The summed E-state index contributed by atoms with van der Waals surface area (Å²) in [6, 6.07) is 4.07. The molecule has 13 heterocycles. The minimum Gasteiger partial charge on any atom is -0.355 e. The molecule has 0 fully saturated rings. The number of H-pyrrole nitrogens is 2. The number of hydrogen-bond acceptors (Lipinski definition) is 12. The third kappa shape index (κ3) is 3.54. The number of rotatable bonds is 0. The van der Waals surface area contributed by atoms with E-state index >= 15 is 0 Å². The average molecular weight is 753 g/mol. The van der Waals surface area contributed by atoms with Crippen LogP contribution in [0.3, 0.4) is 0 Å². The van der Waals surface area contributed by atoms with E-state index < -0.39 is 23.7 Å². The number of aromatic nitrogens is 6. The molecule has 14 heteroatoms.